The first-order valence-electron chi connectivity index (χ1n) is 23.2. The fourth-order valence-electron chi connectivity index (χ4n) is 7.12. The monoisotopic (exact) mass is 1010 g/mol. The van der Waals surface area contributed by atoms with Crippen LogP contribution in [-0.4, -0.2) is 134 Å². The number of carboxylic acids is 1. The third kappa shape index (κ3) is 20.2. The standard InChI is InChI=1S/C47H67N13O12/c1-25(2)39(60-42(66)31(11-7-8-18-48)54-45(69)35(22-38(51)63)58-44(68)34(56-40(64)26(3)49)21-29-23-52-24-53-29)46(70)55-32(16-17-37(50)62)41(65)57-33(19-27-9-5-4-6-10-27)43(67)59-36(47(71)72)20-28-12-14-30(61)15-13-28/h4-6,9-10,12-15,23-26,31-36,39,61H,7-8,11,16-22,48-49H2,1-3H3,(H2,50,62)(H2,51,63)(H,52,53)(H,54,69)(H,55,70)(H,56,64)(H,57,65)(H,58,68)(H,59,67)(H,60,66)(H,71,72)/t26-,31-,32-,33-,34-,35-,36-,39-/m0/s1. The highest BCUT2D eigenvalue weighted by atomic mass is 16.4. The fourth-order valence-corrected chi connectivity index (χ4v) is 7.12. The number of H-pyrrole nitrogens is 1. The van der Waals surface area contributed by atoms with Gasteiger partial charge in [0.25, 0.3) is 0 Å². The zero-order valence-corrected chi connectivity index (χ0v) is 40.4. The van der Waals surface area contributed by atoms with Crippen molar-refractivity contribution in [3.63, 3.8) is 0 Å². The third-order valence-electron chi connectivity index (χ3n) is 11.1. The Hall–Kier alpha value is -7.93. The minimum Gasteiger partial charge on any atom is -0.508 e. The molecule has 0 spiro atoms. The lowest BCUT2D eigenvalue weighted by atomic mass is 10.00. The lowest BCUT2D eigenvalue weighted by molar-refractivity contribution is -0.142. The Morgan fingerprint density at radius 2 is 1.08 bits per heavy atom. The molecule has 0 unspecified atom stereocenters. The van der Waals surface area contributed by atoms with E-state index >= 15 is 0 Å². The second kappa shape index (κ2) is 29.3. The summed E-state index contributed by atoms with van der Waals surface area (Å²) >= 11 is 0. The number of nitrogens with two attached hydrogens (primary N) is 4. The van der Waals surface area contributed by atoms with Crippen LogP contribution in [0.15, 0.2) is 67.1 Å². The van der Waals surface area contributed by atoms with Crippen LogP contribution >= 0.6 is 0 Å². The van der Waals surface area contributed by atoms with E-state index in [9.17, 15) is 58.2 Å². The summed E-state index contributed by atoms with van der Waals surface area (Å²) in [5.41, 5.74) is 23.8. The van der Waals surface area contributed by atoms with Gasteiger partial charge in [-0.3, -0.25) is 43.2 Å². The first kappa shape index (κ1) is 58.4. The smallest absolute Gasteiger partial charge is 0.326 e. The molecule has 8 atom stereocenters. The van der Waals surface area contributed by atoms with E-state index in [0.29, 0.717) is 23.2 Å². The summed E-state index contributed by atoms with van der Waals surface area (Å²) in [4.78, 5) is 139. The molecule has 3 rings (SSSR count). The largest absolute Gasteiger partial charge is 0.508 e. The molecule has 0 fully saturated rings. The van der Waals surface area contributed by atoms with Crippen molar-refractivity contribution >= 4 is 59.1 Å². The van der Waals surface area contributed by atoms with Crippen molar-refractivity contribution in [2.45, 2.75) is 127 Å². The Labute approximate surface area is 415 Å². The number of phenols is 1. The van der Waals surface area contributed by atoms with Crippen LogP contribution in [-0.2, 0) is 67.2 Å². The van der Waals surface area contributed by atoms with E-state index in [1.54, 1.807) is 44.2 Å². The van der Waals surface area contributed by atoms with Crippen molar-refractivity contribution < 1.29 is 58.2 Å². The topological polar surface area (TPSA) is 428 Å². The van der Waals surface area contributed by atoms with Gasteiger partial charge in [0.15, 0.2) is 0 Å². The molecule has 0 radical (unpaired) electrons. The Bertz CT molecular complexity index is 2310. The third-order valence-corrected chi connectivity index (χ3v) is 11.1. The molecule has 18 N–H and O–H groups in total. The molecule has 72 heavy (non-hydrogen) atoms. The van der Waals surface area contributed by atoms with E-state index in [1.807, 2.05) is 0 Å². The van der Waals surface area contributed by atoms with Crippen LogP contribution < -0.4 is 60.2 Å². The average Bonchev–Trinajstić information content (AvgIpc) is 3.84. The van der Waals surface area contributed by atoms with Crippen molar-refractivity contribution in [1.82, 2.24) is 47.2 Å². The number of nitrogens with one attached hydrogen (secondary N) is 8. The predicted octanol–water partition coefficient (Wildman–Crippen LogP) is -3.11. The molecule has 0 aliphatic rings. The van der Waals surface area contributed by atoms with E-state index in [1.165, 1.54) is 43.7 Å². The summed E-state index contributed by atoms with van der Waals surface area (Å²) in [6, 6.07) is 2.87. The minimum absolute atomic E-state index is 0.0441. The number of carbonyl (C=O) groups is 10. The van der Waals surface area contributed by atoms with Crippen LogP contribution in [0, 0.1) is 5.92 Å². The molecule has 392 valence electrons. The maximum Gasteiger partial charge on any atom is 0.326 e. The average molecular weight is 1010 g/mol. The van der Waals surface area contributed by atoms with Gasteiger partial charge in [0, 0.05) is 37.6 Å². The number of hydrogen-bond acceptors (Lipinski definition) is 14. The lowest BCUT2D eigenvalue weighted by Gasteiger charge is -2.29. The zero-order valence-electron chi connectivity index (χ0n) is 40.4. The van der Waals surface area contributed by atoms with Gasteiger partial charge in [-0.25, -0.2) is 9.78 Å². The van der Waals surface area contributed by atoms with Gasteiger partial charge in [-0.2, -0.15) is 0 Å². The Morgan fingerprint density at radius 1 is 0.583 bits per heavy atom. The van der Waals surface area contributed by atoms with E-state index < -0.39 is 126 Å². The number of carboxylic acid groups (broad SMARTS) is 1. The van der Waals surface area contributed by atoms with Crippen molar-refractivity contribution in [2.24, 2.45) is 28.9 Å². The molecule has 1 heterocycles. The number of aliphatic carboxylic acids is 1. The van der Waals surface area contributed by atoms with Gasteiger partial charge in [-0.05, 0) is 68.3 Å². The molecule has 1 aromatic heterocycles. The van der Waals surface area contributed by atoms with E-state index in [0.717, 1.165) is 0 Å². The number of imidazole rings is 1. The molecule has 0 saturated heterocycles. The van der Waals surface area contributed by atoms with E-state index in [4.69, 9.17) is 22.9 Å². The number of aromatic nitrogens is 2. The minimum atomic E-state index is -1.66. The summed E-state index contributed by atoms with van der Waals surface area (Å²) in [7, 11) is 0. The number of nitrogens with zero attached hydrogens (tertiary/aromatic N) is 1. The van der Waals surface area contributed by atoms with Gasteiger partial charge in [-0.1, -0.05) is 56.3 Å². The number of primary amides is 2. The molecular formula is C47H67N13O12. The van der Waals surface area contributed by atoms with Gasteiger partial charge in [0.1, 0.15) is 48.0 Å². The Morgan fingerprint density at radius 3 is 1.64 bits per heavy atom. The van der Waals surface area contributed by atoms with Gasteiger partial charge in [0.2, 0.25) is 53.2 Å². The van der Waals surface area contributed by atoms with Crippen LogP contribution in [0.25, 0.3) is 0 Å². The molecule has 2 aromatic carbocycles. The number of benzene rings is 2. The summed E-state index contributed by atoms with van der Waals surface area (Å²) in [5, 5.41) is 37.3. The van der Waals surface area contributed by atoms with Gasteiger partial charge < -0.3 is 75.3 Å². The number of aromatic hydroxyl groups is 1. The van der Waals surface area contributed by atoms with Crippen LogP contribution in [0.5, 0.6) is 5.75 Å². The van der Waals surface area contributed by atoms with Crippen molar-refractivity contribution in [3.05, 3.63) is 83.9 Å². The zero-order chi connectivity index (χ0) is 53.5. The number of carbonyl (C=O) groups excluding carboxylic acids is 9. The first-order valence-corrected chi connectivity index (χ1v) is 23.2. The molecule has 25 nitrogen and oxygen atoms in total. The van der Waals surface area contributed by atoms with Gasteiger partial charge >= 0.3 is 5.97 Å². The van der Waals surface area contributed by atoms with Gasteiger partial charge in [-0.15, -0.1) is 0 Å². The maximum atomic E-state index is 14.1. The lowest BCUT2D eigenvalue weighted by Crippen LogP contribution is -2.61. The number of hydrogen-bond donors (Lipinski definition) is 14. The first-order chi connectivity index (χ1) is 34.1. The number of phenolic OH excluding ortho intramolecular Hbond substituents is 1. The summed E-state index contributed by atoms with van der Waals surface area (Å²) in [6.45, 7) is 4.75. The van der Waals surface area contributed by atoms with Crippen LogP contribution in [0.3, 0.4) is 0 Å². The molecule has 3 aromatic rings. The molecule has 9 amide bonds. The maximum absolute atomic E-state index is 14.1. The summed E-state index contributed by atoms with van der Waals surface area (Å²) < 4.78 is 0. The van der Waals surface area contributed by atoms with Crippen LogP contribution in [0.4, 0.5) is 0 Å². The highest BCUT2D eigenvalue weighted by molar-refractivity contribution is 5.99. The number of amides is 9. The summed E-state index contributed by atoms with van der Waals surface area (Å²) in [6.07, 6.45) is 1.44. The fraction of sp³-hybridized carbons (Fsp3) is 0.468. The van der Waals surface area contributed by atoms with E-state index in [-0.39, 0.29) is 50.8 Å². The molecule has 0 aliphatic carbocycles. The van der Waals surface area contributed by atoms with E-state index in [2.05, 4.69) is 47.2 Å². The number of unbranched alkanes of at least 4 members (excludes halogenated alkanes) is 1. The second-order valence-corrected chi connectivity index (χ2v) is 17.5. The number of aromatic amines is 1. The second-order valence-electron chi connectivity index (χ2n) is 17.5. The highest BCUT2D eigenvalue weighted by Crippen LogP contribution is 2.14. The quantitative estimate of drug-likeness (QED) is 0.0284. The predicted molar refractivity (Wildman–Crippen MR) is 259 cm³/mol. The van der Waals surface area contributed by atoms with Crippen molar-refractivity contribution in [2.75, 3.05) is 6.54 Å². The normalized spacial score (nSPS) is 14.4. The Kier molecular flexibility index (Phi) is 23.8. The summed E-state index contributed by atoms with van der Waals surface area (Å²) in [5.74, 6) is -10.3. The molecule has 25 heteroatoms. The molecule has 0 aliphatic heterocycles. The molecule has 0 saturated carbocycles. The van der Waals surface area contributed by atoms with Crippen molar-refractivity contribution in [3.8, 4) is 5.75 Å². The molecular weight excluding hydrogens is 939 g/mol. The number of rotatable bonds is 31. The van der Waals surface area contributed by atoms with Crippen LogP contribution in [0.2, 0.25) is 0 Å². The highest BCUT2D eigenvalue weighted by Gasteiger charge is 2.36. The Balaban J connectivity index is 1.87. The van der Waals surface area contributed by atoms with Crippen molar-refractivity contribution in [1.29, 1.82) is 0 Å². The van der Waals surface area contributed by atoms with Crippen LogP contribution in [0.1, 0.15) is 76.1 Å². The SMILES string of the molecule is CC(C)[C@H](NC(=O)[C@H](CCCCN)NC(=O)[C@H](CC(N)=O)NC(=O)[C@H](Cc1cnc[nH]1)NC(=O)[C@H](C)N)C(=O)N[C@@H](CCC(N)=O)C(=O)N[C@@H](Cc1ccccc1)C(=O)N[C@@H](Cc1ccc(O)cc1)C(=O)O. The molecule has 0 bridgehead atoms. The van der Waals surface area contributed by atoms with Gasteiger partial charge in [0.05, 0.1) is 18.8 Å².